The Bertz CT molecular complexity index is 575. The van der Waals surface area contributed by atoms with Crippen LogP contribution in [0.4, 0.5) is 0 Å². The van der Waals surface area contributed by atoms with Gasteiger partial charge in [-0.3, -0.25) is 9.59 Å². The van der Waals surface area contributed by atoms with Crippen LogP contribution in [0, 0.1) is 5.41 Å². The van der Waals surface area contributed by atoms with Crippen molar-refractivity contribution in [2.75, 3.05) is 32.8 Å². The zero-order valence-corrected chi connectivity index (χ0v) is 13.4. The minimum absolute atomic E-state index is 0.00548. The number of hydrogen-bond donors (Lipinski definition) is 1. The molecule has 1 spiro atoms. The van der Waals surface area contributed by atoms with Gasteiger partial charge in [-0.1, -0.05) is 18.2 Å². The fraction of sp³-hybridized carbons (Fsp3) is 0.556. The fourth-order valence-electron chi connectivity index (χ4n) is 3.90. The first-order valence-electron chi connectivity index (χ1n) is 8.37. The third-order valence-corrected chi connectivity index (χ3v) is 5.09. The van der Waals surface area contributed by atoms with E-state index in [1.165, 1.54) is 0 Å². The lowest BCUT2D eigenvalue weighted by Gasteiger charge is -2.48. The van der Waals surface area contributed by atoms with Crippen molar-refractivity contribution in [2.24, 2.45) is 5.41 Å². The van der Waals surface area contributed by atoms with E-state index < -0.39 is 0 Å². The molecule has 23 heavy (non-hydrogen) atoms. The molecule has 0 bridgehead atoms. The number of piperidine rings is 2. The summed E-state index contributed by atoms with van der Waals surface area (Å²) in [5, 5.41) is 9.15. The van der Waals surface area contributed by atoms with Gasteiger partial charge in [0.05, 0.1) is 6.61 Å². The van der Waals surface area contributed by atoms with E-state index in [1.54, 1.807) is 4.90 Å². The lowest BCUT2D eigenvalue weighted by molar-refractivity contribution is -0.139. The van der Waals surface area contributed by atoms with E-state index in [0.717, 1.165) is 31.4 Å². The average Bonchev–Trinajstić information content (AvgIpc) is 2.59. The number of carbonyl (C=O) groups is 2. The van der Waals surface area contributed by atoms with Crippen molar-refractivity contribution in [3.05, 3.63) is 35.9 Å². The molecule has 0 aliphatic carbocycles. The molecule has 5 nitrogen and oxygen atoms in total. The van der Waals surface area contributed by atoms with Gasteiger partial charge in [0.2, 0.25) is 5.91 Å². The third kappa shape index (κ3) is 3.39. The molecule has 2 fully saturated rings. The van der Waals surface area contributed by atoms with Gasteiger partial charge in [-0.05, 0) is 31.4 Å². The van der Waals surface area contributed by atoms with Crippen molar-refractivity contribution in [1.29, 1.82) is 0 Å². The predicted octanol–water partition coefficient (Wildman–Crippen LogP) is 1.52. The minimum atomic E-state index is -0.00816. The van der Waals surface area contributed by atoms with E-state index >= 15 is 0 Å². The minimum Gasteiger partial charge on any atom is -0.395 e. The van der Waals surface area contributed by atoms with Gasteiger partial charge < -0.3 is 14.9 Å². The SMILES string of the molecule is O=C1CC[C@@]2(CCCN(C(=O)c3ccccc3)C2)CN1CCO. The van der Waals surface area contributed by atoms with Crippen molar-refractivity contribution < 1.29 is 14.7 Å². The highest BCUT2D eigenvalue weighted by Gasteiger charge is 2.42. The molecule has 3 rings (SSSR count). The molecule has 0 unspecified atom stereocenters. The highest BCUT2D eigenvalue weighted by Crippen LogP contribution is 2.39. The second kappa shape index (κ2) is 6.71. The summed E-state index contributed by atoms with van der Waals surface area (Å²) in [5.74, 6) is 0.200. The Balaban J connectivity index is 1.72. The molecular weight excluding hydrogens is 292 g/mol. The number of carbonyl (C=O) groups excluding carboxylic acids is 2. The number of aliphatic hydroxyl groups is 1. The van der Waals surface area contributed by atoms with Gasteiger partial charge in [-0.25, -0.2) is 0 Å². The number of aliphatic hydroxyl groups excluding tert-OH is 1. The van der Waals surface area contributed by atoms with E-state index in [0.29, 0.717) is 26.1 Å². The second-order valence-corrected chi connectivity index (χ2v) is 6.74. The van der Waals surface area contributed by atoms with Crippen LogP contribution in [0.5, 0.6) is 0 Å². The molecule has 1 atom stereocenters. The van der Waals surface area contributed by atoms with E-state index in [1.807, 2.05) is 35.2 Å². The summed E-state index contributed by atoms with van der Waals surface area (Å²) in [6, 6.07) is 9.39. The monoisotopic (exact) mass is 316 g/mol. The van der Waals surface area contributed by atoms with Crippen LogP contribution in [0.1, 0.15) is 36.0 Å². The molecule has 1 aromatic carbocycles. The first-order valence-corrected chi connectivity index (χ1v) is 8.37. The normalized spacial score (nSPS) is 25.0. The van der Waals surface area contributed by atoms with Gasteiger partial charge in [0, 0.05) is 43.6 Å². The van der Waals surface area contributed by atoms with E-state index in [-0.39, 0.29) is 23.8 Å². The molecule has 5 heteroatoms. The third-order valence-electron chi connectivity index (χ3n) is 5.09. The Morgan fingerprint density at radius 2 is 1.96 bits per heavy atom. The van der Waals surface area contributed by atoms with Gasteiger partial charge in [0.25, 0.3) is 5.91 Å². The number of amides is 2. The Morgan fingerprint density at radius 1 is 1.17 bits per heavy atom. The lowest BCUT2D eigenvalue weighted by Crippen LogP contribution is -2.55. The molecule has 124 valence electrons. The van der Waals surface area contributed by atoms with Crippen molar-refractivity contribution in [3.8, 4) is 0 Å². The number of β-amino-alcohol motifs (C(OH)–C–C–N with tert-alkyl or cyclic N) is 1. The summed E-state index contributed by atoms with van der Waals surface area (Å²) < 4.78 is 0. The van der Waals surface area contributed by atoms with Crippen LogP contribution < -0.4 is 0 Å². The number of nitrogens with zero attached hydrogens (tertiary/aromatic N) is 2. The maximum atomic E-state index is 12.7. The van der Waals surface area contributed by atoms with Crippen LogP contribution in [-0.2, 0) is 4.79 Å². The second-order valence-electron chi connectivity index (χ2n) is 6.74. The molecule has 0 aromatic heterocycles. The highest BCUT2D eigenvalue weighted by molar-refractivity contribution is 5.94. The molecule has 1 N–H and O–H groups in total. The molecule has 2 heterocycles. The van der Waals surface area contributed by atoms with Gasteiger partial charge in [0.15, 0.2) is 0 Å². The Hall–Kier alpha value is -1.88. The Morgan fingerprint density at radius 3 is 2.70 bits per heavy atom. The number of benzene rings is 1. The molecule has 1 aromatic rings. The van der Waals surface area contributed by atoms with Crippen molar-refractivity contribution in [1.82, 2.24) is 9.80 Å². The summed E-state index contributed by atoms with van der Waals surface area (Å²) in [6.07, 6.45) is 3.38. The van der Waals surface area contributed by atoms with Crippen LogP contribution in [0.2, 0.25) is 0 Å². The molecule has 2 aliphatic heterocycles. The first-order chi connectivity index (χ1) is 11.1. The molecule has 0 radical (unpaired) electrons. The van der Waals surface area contributed by atoms with Crippen molar-refractivity contribution >= 4 is 11.8 Å². The summed E-state index contributed by atoms with van der Waals surface area (Å²) in [7, 11) is 0. The Labute approximate surface area is 136 Å². The van der Waals surface area contributed by atoms with Crippen LogP contribution in [0.25, 0.3) is 0 Å². The predicted molar refractivity (Wildman–Crippen MR) is 86.9 cm³/mol. The van der Waals surface area contributed by atoms with Crippen molar-refractivity contribution in [2.45, 2.75) is 25.7 Å². The smallest absolute Gasteiger partial charge is 0.253 e. The Kier molecular flexibility index (Phi) is 4.66. The maximum Gasteiger partial charge on any atom is 0.253 e. The van der Waals surface area contributed by atoms with Crippen LogP contribution in [0.15, 0.2) is 30.3 Å². The zero-order valence-electron chi connectivity index (χ0n) is 13.4. The van der Waals surface area contributed by atoms with Gasteiger partial charge >= 0.3 is 0 Å². The largest absolute Gasteiger partial charge is 0.395 e. The van der Waals surface area contributed by atoms with Gasteiger partial charge in [0.1, 0.15) is 0 Å². The zero-order chi connectivity index (χ0) is 16.3. The van der Waals surface area contributed by atoms with Crippen LogP contribution in [0.3, 0.4) is 0 Å². The number of likely N-dealkylation sites (tertiary alicyclic amines) is 2. The van der Waals surface area contributed by atoms with Crippen LogP contribution >= 0.6 is 0 Å². The van der Waals surface area contributed by atoms with E-state index in [2.05, 4.69) is 0 Å². The molecule has 2 amide bonds. The summed E-state index contributed by atoms with van der Waals surface area (Å²) >= 11 is 0. The fourth-order valence-corrected chi connectivity index (χ4v) is 3.90. The molecule has 2 saturated heterocycles. The quantitative estimate of drug-likeness (QED) is 0.920. The number of hydrogen-bond acceptors (Lipinski definition) is 3. The average molecular weight is 316 g/mol. The van der Waals surface area contributed by atoms with Crippen LogP contribution in [-0.4, -0.2) is 59.5 Å². The van der Waals surface area contributed by atoms with Gasteiger partial charge in [-0.2, -0.15) is 0 Å². The molecular formula is C18H24N2O3. The van der Waals surface area contributed by atoms with E-state index in [9.17, 15) is 9.59 Å². The lowest BCUT2D eigenvalue weighted by atomic mass is 9.73. The van der Waals surface area contributed by atoms with Crippen molar-refractivity contribution in [3.63, 3.8) is 0 Å². The standard InChI is InChI=1S/C18H24N2O3/c21-12-11-19-13-18(9-7-16(19)22)8-4-10-20(14-18)17(23)15-5-2-1-3-6-15/h1-3,5-6,21H,4,7-14H2/t18-/m0/s1. The van der Waals surface area contributed by atoms with Gasteiger partial charge in [-0.15, -0.1) is 0 Å². The maximum absolute atomic E-state index is 12.7. The van der Waals surface area contributed by atoms with E-state index in [4.69, 9.17) is 5.11 Å². The molecule has 2 aliphatic rings. The first kappa shape index (κ1) is 16.0. The highest BCUT2D eigenvalue weighted by atomic mass is 16.3. The number of rotatable bonds is 3. The topological polar surface area (TPSA) is 60.9 Å². The summed E-state index contributed by atoms with van der Waals surface area (Å²) in [6.45, 7) is 2.53. The summed E-state index contributed by atoms with van der Waals surface area (Å²) in [4.78, 5) is 28.4. The molecule has 0 saturated carbocycles. The summed E-state index contributed by atoms with van der Waals surface area (Å²) in [5.41, 5.74) is 0.717.